The standard InChI is InChI=1S/C18H31N5O2/c1-4-19-18(20-12-6-7-14-25-5-2)21-13-11-17(24)23-16-10-8-9-15(3)22-16/h8-10H,4-7,11-14H2,1-3H3,(H2,19,20,21)(H,22,23,24). The van der Waals surface area contributed by atoms with Crippen LogP contribution in [0.15, 0.2) is 23.2 Å². The Kier molecular flexibility index (Phi) is 11.0. The van der Waals surface area contributed by atoms with Gasteiger partial charge in [-0.15, -0.1) is 0 Å². The van der Waals surface area contributed by atoms with E-state index in [4.69, 9.17) is 4.74 Å². The molecule has 0 aromatic carbocycles. The summed E-state index contributed by atoms with van der Waals surface area (Å²) in [6.45, 7) is 9.48. The van der Waals surface area contributed by atoms with Crippen molar-refractivity contribution in [2.75, 3.05) is 38.2 Å². The number of aryl methyl sites for hydroxylation is 1. The molecule has 0 aliphatic rings. The molecule has 1 amide bonds. The number of ether oxygens (including phenoxy) is 1. The lowest BCUT2D eigenvalue weighted by Crippen LogP contribution is -2.38. The predicted octanol–water partition coefficient (Wildman–Crippen LogP) is 2.09. The van der Waals surface area contributed by atoms with Gasteiger partial charge in [0.1, 0.15) is 5.82 Å². The molecule has 7 nitrogen and oxygen atoms in total. The van der Waals surface area contributed by atoms with Crippen molar-refractivity contribution >= 4 is 17.7 Å². The number of unbranched alkanes of at least 4 members (excludes halogenated alkanes) is 1. The summed E-state index contributed by atoms with van der Waals surface area (Å²) in [6, 6.07) is 5.55. The lowest BCUT2D eigenvalue weighted by atomic mass is 10.3. The Morgan fingerprint density at radius 3 is 2.80 bits per heavy atom. The second kappa shape index (κ2) is 13.2. The predicted molar refractivity (Wildman–Crippen MR) is 102 cm³/mol. The molecule has 1 aromatic rings. The van der Waals surface area contributed by atoms with Crippen LogP contribution in [0.25, 0.3) is 0 Å². The van der Waals surface area contributed by atoms with Crippen molar-refractivity contribution < 1.29 is 9.53 Å². The highest BCUT2D eigenvalue weighted by molar-refractivity contribution is 5.90. The Bertz CT molecular complexity index is 534. The summed E-state index contributed by atoms with van der Waals surface area (Å²) in [5.74, 6) is 1.25. The van der Waals surface area contributed by atoms with Crippen molar-refractivity contribution in [3.8, 4) is 0 Å². The molecule has 0 spiro atoms. The molecule has 0 aliphatic heterocycles. The zero-order valence-corrected chi connectivity index (χ0v) is 15.6. The Balaban J connectivity index is 2.27. The molecule has 1 heterocycles. The molecule has 0 aliphatic carbocycles. The summed E-state index contributed by atoms with van der Waals surface area (Å²) in [7, 11) is 0. The summed E-state index contributed by atoms with van der Waals surface area (Å²) >= 11 is 0. The number of hydrogen-bond donors (Lipinski definition) is 3. The third kappa shape index (κ3) is 10.3. The van der Waals surface area contributed by atoms with Gasteiger partial charge in [0.25, 0.3) is 0 Å². The number of nitrogens with one attached hydrogen (secondary N) is 3. The summed E-state index contributed by atoms with van der Waals surface area (Å²) in [6.07, 6.45) is 2.34. The minimum Gasteiger partial charge on any atom is -0.382 e. The van der Waals surface area contributed by atoms with Crippen LogP contribution in [0.2, 0.25) is 0 Å². The summed E-state index contributed by atoms with van der Waals surface area (Å²) in [4.78, 5) is 20.7. The third-order valence-corrected chi connectivity index (χ3v) is 3.32. The van der Waals surface area contributed by atoms with Crippen molar-refractivity contribution in [2.45, 2.75) is 40.0 Å². The third-order valence-electron chi connectivity index (χ3n) is 3.32. The minimum atomic E-state index is -0.0711. The van der Waals surface area contributed by atoms with Crippen LogP contribution in [-0.4, -0.2) is 49.7 Å². The van der Waals surface area contributed by atoms with E-state index < -0.39 is 0 Å². The van der Waals surface area contributed by atoms with Crippen molar-refractivity contribution in [1.29, 1.82) is 0 Å². The summed E-state index contributed by atoms with van der Waals surface area (Å²) in [5.41, 5.74) is 0.877. The van der Waals surface area contributed by atoms with Gasteiger partial charge in [0.15, 0.2) is 5.96 Å². The highest BCUT2D eigenvalue weighted by Gasteiger charge is 2.04. The molecule has 0 radical (unpaired) electrons. The van der Waals surface area contributed by atoms with Crippen LogP contribution in [0.1, 0.15) is 38.8 Å². The van der Waals surface area contributed by atoms with E-state index in [1.165, 1.54) is 0 Å². The average molecular weight is 349 g/mol. The van der Waals surface area contributed by atoms with E-state index in [-0.39, 0.29) is 5.91 Å². The minimum absolute atomic E-state index is 0.0711. The van der Waals surface area contributed by atoms with Crippen LogP contribution >= 0.6 is 0 Å². The Labute approximate surface area is 150 Å². The molecule has 0 bridgehead atoms. The molecule has 3 N–H and O–H groups in total. The van der Waals surface area contributed by atoms with Crippen LogP contribution in [0.3, 0.4) is 0 Å². The van der Waals surface area contributed by atoms with E-state index >= 15 is 0 Å². The number of guanidine groups is 1. The zero-order valence-electron chi connectivity index (χ0n) is 15.6. The first-order valence-electron chi connectivity index (χ1n) is 8.99. The van der Waals surface area contributed by atoms with Crippen molar-refractivity contribution in [3.05, 3.63) is 23.9 Å². The molecule has 0 saturated heterocycles. The van der Waals surface area contributed by atoms with E-state index in [9.17, 15) is 4.79 Å². The van der Waals surface area contributed by atoms with E-state index in [1.54, 1.807) is 6.07 Å². The van der Waals surface area contributed by atoms with Gasteiger partial charge in [-0.1, -0.05) is 6.07 Å². The van der Waals surface area contributed by atoms with E-state index in [0.29, 0.717) is 18.8 Å². The molecule has 0 atom stereocenters. The Morgan fingerprint density at radius 2 is 2.08 bits per heavy atom. The number of nitrogens with zero attached hydrogens (tertiary/aromatic N) is 2. The smallest absolute Gasteiger partial charge is 0.227 e. The number of aromatic nitrogens is 1. The largest absolute Gasteiger partial charge is 0.382 e. The van der Waals surface area contributed by atoms with Crippen LogP contribution in [-0.2, 0) is 9.53 Å². The van der Waals surface area contributed by atoms with Gasteiger partial charge in [0.05, 0.1) is 0 Å². The molecule has 1 rings (SSSR count). The second-order valence-electron chi connectivity index (χ2n) is 5.55. The van der Waals surface area contributed by atoms with Crippen molar-refractivity contribution in [3.63, 3.8) is 0 Å². The maximum Gasteiger partial charge on any atom is 0.227 e. The molecule has 25 heavy (non-hydrogen) atoms. The molecule has 0 saturated carbocycles. The number of amides is 1. The lowest BCUT2D eigenvalue weighted by Gasteiger charge is -2.11. The molecule has 7 heteroatoms. The molecule has 0 unspecified atom stereocenters. The van der Waals surface area contributed by atoms with Crippen LogP contribution < -0.4 is 16.0 Å². The molecule has 140 valence electrons. The Hall–Kier alpha value is -2.15. The van der Waals surface area contributed by atoms with Crippen molar-refractivity contribution in [2.24, 2.45) is 4.99 Å². The zero-order chi connectivity index (χ0) is 18.3. The number of pyridine rings is 1. The lowest BCUT2D eigenvalue weighted by molar-refractivity contribution is -0.116. The van der Waals surface area contributed by atoms with E-state index in [2.05, 4.69) is 25.9 Å². The fourth-order valence-electron chi connectivity index (χ4n) is 2.11. The van der Waals surface area contributed by atoms with Crippen LogP contribution in [0, 0.1) is 6.92 Å². The van der Waals surface area contributed by atoms with Gasteiger partial charge < -0.3 is 20.7 Å². The summed E-state index contributed by atoms with van der Waals surface area (Å²) < 4.78 is 5.31. The normalized spacial score (nSPS) is 11.2. The van der Waals surface area contributed by atoms with Gasteiger partial charge in [0, 0.05) is 45.0 Å². The highest BCUT2D eigenvalue weighted by atomic mass is 16.5. The number of rotatable bonds is 11. The fraction of sp³-hybridized carbons (Fsp3) is 0.611. The van der Waals surface area contributed by atoms with Gasteiger partial charge in [-0.3, -0.25) is 9.79 Å². The van der Waals surface area contributed by atoms with Crippen LogP contribution in [0.4, 0.5) is 5.82 Å². The maximum atomic E-state index is 12.0. The van der Waals surface area contributed by atoms with Gasteiger partial charge >= 0.3 is 0 Å². The van der Waals surface area contributed by atoms with Gasteiger partial charge in [0.2, 0.25) is 5.91 Å². The van der Waals surface area contributed by atoms with E-state index in [0.717, 1.165) is 50.8 Å². The fourth-order valence-corrected chi connectivity index (χ4v) is 2.11. The molecule has 1 aromatic heterocycles. The Morgan fingerprint density at radius 1 is 1.24 bits per heavy atom. The number of carbonyl (C=O) groups is 1. The van der Waals surface area contributed by atoms with E-state index in [1.807, 2.05) is 32.9 Å². The number of carbonyl (C=O) groups excluding carboxylic acids is 1. The maximum absolute atomic E-state index is 12.0. The summed E-state index contributed by atoms with van der Waals surface area (Å²) in [5, 5.41) is 9.15. The van der Waals surface area contributed by atoms with Crippen LogP contribution in [0.5, 0.6) is 0 Å². The molecular weight excluding hydrogens is 318 g/mol. The monoisotopic (exact) mass is 349 g/mol. The number of hydrogen-bond acceptors (Lipinski definition) is 4. The van der Waals surface area contributed by atoms with Gasteiger partial charge in [-0.05, 0) is 45.7 Å². The topological polar surface area (TPSA) is 87.6 Å². The number of aliphatic imine (C=N–C) groups is 1. The second-order valence-corrected chi connectivity index (χ2v) is 5.55. The van der Waals surface area contributed by atoms with Gasteiger partial charge in [-0.25, -0.2) is 4.98 Å². The SMILES string of the molecule is CCNC(=NCCCCOCC)NCCC(=O)Nc1cccc(C)n1. The van der Waals surface area contributed by atoms with Crippen molar-refractivity contribution in [1.82, 2.24) is 15.6 Å². The quantitative estimate of drug-likeness (QED) is 0.323. The molecular formula is C18H31N5O2. The first kappa shape index (κ1) is 20.9. The van der Waals surface area contributed by atoms with Gasteiger partial charge in [-0.2, -0.15) is 0 Å². The number of anilines is 1. The first-order chi connectivity index (χ1) is 12.2. The average Bonchev–Trinajstić information content (AvgIpc) is 2.58. The molecule has 0 fully saturated rings. The highest BCUT2D eigenvalue weighted by Crippen LogP contribution is 2.03. The first-order valence-corrected chi connectivity index (χ1v) is 8.99.